The second-order valence-electron chi connectivity index (χ2n) is 5.20. The lowest BCUT2D eigenvalue weighted by atomic mass is 10.2. The Labute approximate surface area is 129 Å². The summed E-state index contributed by atoms with van der Waals surface area (Å²) in [5, 5.41) is 11.9. The Bertz CT molecular complexity index is 518. The van der Waals surface area contributed by atoms with Crippen molar-refractivity contribution in [1.29, 1.82) is 0 Å². The quantitative estimate of drug-likeness (QED) is 0.840. The zero-order valence-corrected chi connectivity index (χ0v) is 13.3. The van der Waals surface area contributed by atoms with Crippen LogP contribution in [0.25, 0.3) is 0 Å². The predicted molar refractivity (Wildman–Crippen MR) is 83.9 cm³/mol. The standard InChI is InChI=1S/C15H21ClN2O3/c1-10(2)18(8-4-5-14(19)20)15(21)17-13-9-11(3)6-7-12(13)16/h6-7,9-10H,4-5,8H2,1-3H3,(H,17,21)(H,19,20). The molecule has 0 atom stereocenters. The molecule has 0 saturated carbocycles. The molecule has 0 aliphatic heterocycles. The number of nitrogens with zero attached hydrogens (tertiary/aromatic N) is 1. The van der Waals surface area contributed by atoms with Gasteiger partial charge in [-0.3, -0.25) is 4.79 Å². The van der Waals surface area contributed by atoms with Crippen molar-refractivity contribution in [1.82, 2.24) is 4.90 Å². The molecular formula is C15H21ClN2O3. The summed E-state index contributed by atoms with van der Waals surface area (Å²) in [6.45, 7) is 6.08. The molecule has 0 saturated heterocycles. The van der Waals surface area contributed by atoms with Gasteiger partial charge in [-0.05, 0) is 44.9 Å². The van der Waals surface area contributed by atoms with Crippen molar-refractivity contribution in [3.63, 3.8) is 0 Å². The van der Waals surface area contributed by atoms with Gasteiger partial charge in [0.2, 0.25) is 0 Å². The highest BCUT2D eigenvalue weighted by Gasteiger charge is 2.18. The van der Waals surface area contributed by atoms with E-state index in [1.165, 1.54) is 0 Å². The molecule has 21 heavy (non-hydrogen) atoms. The number of urea groups is 1. The smallest absolute Gasteiger partial charge is 0.322 e. The summed E-state index contributed by atoms with van der Waals surface area (Å²) in [5.74, 6) is -0.860. The minimum absolute atomic E-state index is 0.0256. The van der Waals surface area contributed by atoms with Gasteiger partial charge in [-0.1, -0.05) is 17.7 Å². The molecule has 0 aromatic heterocycles. The molecule has 1 rings (SSSR count). The van der Waals surface area contributed by atoms with Crippen LogP contribution in [0.1, 0.15) is 32.3 Å². The van der Waals surface area contributed by atoms with E-state index in [4.69, 9.17) is 16.7 Å². The molecule has 5 nitrogen and oxygen atoms in total. The Morgan fingerprint density at radius 3 is 2.62 bits per heavy atom. The van der Waals surface area contributed by atoms with Gasteiger partial charge >= 0.3 is 12.0 Å². The Hall–Kier alpha value is -1.75. The van der Waals surface area contributed by atoms with Crippen molar-refractivity contribution in [2.75, 3.05) is 11.9 Å². The summed E-state index contributed by atoms with van der Waals surface area (Å²) in [6, 6.07) is 5.10. The third kappa shape index (κ3) is 5.63. The maximum Gasteiger partial charge on any atom is 0.322 e. The average molecular weight is 313 g/mol. The van der Waals surface area contributed by atoms with E-state index >= 15 is 0 Å². The number of hydrogen-bond acceptors (Lipinski definition) is 2. The SMILES string of the molecule is Cc1ccc(Cl)c(NC(=O)N(CCCC(=O)O)C(C)C)c1. The van der Waals surface area contributed by atoms with Crippen LogP contribution in [0, 0.1) is 6.92 Å². The lowest BCUT2D eigenvalue weighted by Crippen LogP contribution is -2.40. The topological polar surface area (TPSA) is 69.6 Å². The van der Waals surface area contributed by atoms with Gasteiger partial charge in [-0.2, -0.15) is 0 Å². The van der Waals surface area contributed by atoms with Crippen LogP contribution in [0.3, 0.4) is 0 Å². The van der Waals surface area contributed by atoms with Crippen molar-refractivity contribution < 1.29 is 14.7 Å². The molecule has 0 unspecified atom stereocenters. The number of carbonyl (C=O) groups is 2. The van der Waals surface area contributed by atoms with Crippen LogP contribution in [-0.4, -0.2) is 34.6 Å². The summed E-state index contributed by atoms with van der Waals surface area (Å²) in [4.78, 5) is 24.5. The molecule has 0 heterocycles. The third-order valence-corrected chi connectivity index (χ3v) is 3.37. The Morgan fingerprint density at radius 2 is 2.05 bits per heavy atom. The van der Waals surface area contributed by atoms with Crippen LogP contribution in [-0.2, 0) is 4.79 Å². The van der Waals surface area contributed by atoms with E-state index in [0.717, 1.165) is 5.56 Å². The van der Waals surface area contributed by atoms with Crippen LogP contribution in [0.4, 0.5) is 10.5 Å². The normalized spacial score (nSPS) is 10.5. The molecule has 0 spiro atoms. The first-order chi connectivity index (χ1) is 9.81. The van der Waals surface area contributed by atoms with Gasteiger partial charge in [0.05, 0.1) is 10.7 Å². The molecule has 1 aromatic rings. The first kappa shape index (κ1) is 17.3. The number of benzene rings is 1. The summed E-state index contributed by atoms with van der Waals surface area (Å²) in [7, 11) is 0. The number of anilines is 1. The van der Waals surface area contributed by atoms with Crippen molar-refractivity contribution in [2.45, 2.75) is 39.7 Å². The van der Waals surface area contributed by atoms with Gasteiger partial charge in [-0.15, -0.1) is 0 Å². The maximum atomic E-state index is 12.3. The van der Waals surface area contributed by atoms with Crippen LogP contribution >= 0.6 is 11.6 Å². The van der Waals surface area contributed by atoms with E-state index in [0.29, 0.717) is 23.7 Å². The first-order valence-corrected chi connectivity index (χ1v) is 7.24. The van der Waals surface area contributed by atoms with Crippen molar-refractivity contribution in [2.24, 2.45) is 0 Å². The summed E-state index contributed by atoms with van der Waals surface area (Å²) in [6.07, 6.45) is 0.462. The first-order valence-electron chi connectivity index (χ1n) is 6.87. The Morgan fingerprint density at radius 1 is 1.38 bits per heavy atom. The minimum Gasteiger partial charge on any atom is -0.481 e. The highest BCUT2D eigenvalue weighted by Crippen LogP contribution is 2.23. The van der Waals surface area contributed by atoms with Crippen LogP contribution < -0.4 is 5.32 Å². The van der Waals surface area contributed by atoms with Gasteiger partial charge < -0.3 is 15.3 Å². The second-order valence-corrected chi connectivity index (χ2v) is 5.61. The monoisotopic (exact) mass is 312 g/mol. The van der Waals surface area contributed by atoms with E-state index in [1.807, 2.05) is 26.8 Å². The van der Waals surface area contributed by atoms with Crippen LogP contribution in [0.15, 0.2) is 18.2 Å². The number of rotatable bonds is 6. The zero-order valence-electron chi connectivity index (χ0n) is 12.5. The Balaban J connectivity index is 2.72. The van der Waals surface area contributed by atoms with Crippen molar-refractivity contribution in [3.8, 4) is 0 Å². The second kappa shape index (κ2) is 7.88. The number of carboxylic acids is 1. The lowest BCUT2D eigenvalue weighted by molar-refractivity contribution is -0.137. The molecular weight excluding hydrogens is 292 g/mol. The molecule has 0 radical (unpaired) electrons. The molecule has 0 fully saturated rings. The average Bonchev–Trinajstić information content (AvgIpc) is 2.38. The number of carboxylic acid groups (broad SMARTS) is 1. The maximum absolute atomic E-state index is 12.3. The van der Waals surface area contributed by atoms with E-state index in [9.17, 15) is 9.59 Å². The summed E-state index contributed by atoms with van der Waals surface area (Å²) < 4.78 is 0. The highest BCUT2D eigenvalue weighted by atomic mass is 35.5. The summed E-state index contributed by atoms with van der Waals surface area (Å²) in [5.41, 5.74) is 1.56. The number of hydrogen-bond donors (Lipinski definition) is 2. The molecule has 6 heteroatoms. The van der Waals surface area contributed by atoms with E-state index in [-0.39, 0.29) is 18.5 Å². The number of aliphatic carboxylic acids is 1. The number of aryl methyl sites for hydroxylation is 1. The zero-order chi connectivity index (χ0) is 16.0. The van der Waals surface area contributed by atoms with Crippen molar-refractivity contribution >= 4 is 29.3 Å². The molecule has 0 aliphatic carbocycles. The lowest BCUT2D eigenvalue weighted by Gasteiger charge is -2.27. The fourth-order valence-electron chi connectivity index (χ4n) is 1.92. The molecule has 2 amide bonds. The highest BCUT2D eigenvalue weighted by molar-refractivity contribution is 6.33. The number of nitrogens with one attached hydrogen (secondary N) is 1. The molecule has 1 aromatic carbocycles. The largest absolute Gasteiger partial charge is 0.481 e. The molecule has 0 aliphatic rings. The van der Waals surface area contributed by atoms with E-state index in [2.05, 4.69) is 5.32 Å². The minimum atomic E-state index is -0.860. The third-order valence-electron chi connectivity index (χ3n) is 3.04. The van der Waals surface area contributed by atoms with Gasteiger partial charge in [-0.25, -0.2) is 4.79 Å². The summed E-state index contributed by atoms with van der Waals surface area (Å²) >= 11 is 6.06. The fourth-order valence-corrected chi connectivity index (χ4v) is 2.08. The van der Waals surface area contributed by atoms with Crippen molar-refractivity contribution in [3.05, 3.63) is 28.8 Å². The number of halogens is 1. The molecule has 2 N–H and O–H groups in total. The van der Waals surface area contributed by atoms with Gasteiger partial charge in [0, 0.05) is 19.0 Å². The van der Waals surface area contributed by atoms with Crippen LogP contribution in [0.2, 0.25) is 5.02 Å². The number of carbonyl (C=O) groups excluding carboxylic acids is 1. The number of amides is 2. The fraction of sp³-hybridized carbons (Fsp3) is 0.467. The van der Waals surface area contributed by atoms with Gasteiger partial charge in [0.1, 0.15) is 0 Å². The Kier molecular flexibility index (Phi) is 6.49. The van der Waals surface area contributed by atoms with Gasteiger partial charge in [0.25, 0.3) is 0 Å². The molecule has 116 valence electrons. The molecule has 0 bridgehead atoms. The predicted octanol–water partition coefficient (Wildman–Crippen LogP) is 3.76. The van der Waals surface area contributed by atoms with Crippen LogP contribution in [0.5, 0.6) is 0 Å². The van der Waals surface area contributed by atoms with E-state index < -0.39 is 5.97 Å². The van der Waals surface area contributed by atoms with Gasteiger partial charge in [0.15, 0.2) is 0 Å². The van der Waals surface area contributed by atoms with E-state index in [1.54, 1.807) is 17.0 Å².